The molecule has 0 bridgehead atoms. The highest BCUT2D eigenvalue weighted by molar-refractivity contribution is 9.11. The van der Waals surface area contributed by atoms with E-state index in [-0.39, 0.29) is 11.9 Å². The van der Waals surface area contributed by atoms with E-state index in [4.69, 9.17) is 0 Å². The summed E-state index contributed by atoms with van der Waals surface area (Å²) < 4.78 is 13.9. The lowest BCUT2D eigenvalue weighted by molar-refractivity contribution is 0.572. The van der Waals surface area contributed by atoms with Gasteiger partial charge in [-0.2, -0.15) is 0 Å². The third kappa shape index (κ3) is 3.63. The van der Waals surface area contributed by atoms with Crippen molar-refractivity contribution < 1.29 is 4.39 Å². The van der Waals surface area contributed by atoms with Crippen molar-refractivity contribution in [3.63, 3.8) is 0 Å². The van der Waals surface area contributed by atoms with E-state index in [0.717, 1.165) is 15.9 Å². The van der Waals surface area contributed by atoms with E-state index in [1.165, 1.54) is 17.7 Å². The first kappa shape index (κ1) is 12.7. The highest BCUT2D eigenvalue weighted by Crippen LogP contribution is 2.21. The predicted molar refractivity (Wildman–Crippen MR) is 73.7 cm³/mol. The molecule has 1 aromatic heterocycles. The first-order valence-corrected chi connectivity index (χ1v) is 7.04. The summed E-state index contributed by atoms with van der Waals surface area (Å²) in [5.41, 5.74) is 2.36. The van der Waals surface area contributed by atoms with E-state index in [2.05, 4.69) is 39.6 Å². The average Bonchev–Trinajstić information content (AvgIpc) is 2.73. The molecule has 1 aromatic carbocycles. The van der Waals surface area contributed by atoms with Crippen LogP contribution in [0.1, 0.15) is 24.1 Å². The summed E-state index contributed by atoms with van der Waals surface area (Å²) in [7, 11) is 0. The standard InChI is InChI=1S/C13H13BrFNS/c1-9(11-2-4-12(15)5-3-11)16-7-10-6-13(14)17-8-10/h2-6,8-9,16H,7H2,1H3/t9-/m0/s1. The van der Waals surface area contributed by atoms with Gasteiger partial charge in [0.1, 0.15) is 5.82 Å². The molecule has 4 heteroatoms. The second kappa shape index (κ2) is 5.76. The Morgan fingerprint density at radius 2 is 2.06 bits per heavy atom. The number of nitrogens with one attached hydrogen (secondary N) is 1. The topological polar surface area (TPSA) is 12.0 Å². The van der Waals surface area contributed by atoms with Gasteiger partial charge in [-0.1, -0.05) is 12.1 Å². The molecule has 1 heterocycles. The molecule has 0 saturated carbocycles. The monoisotopic (exact) mass is 313 g/mol. The maximum Gasteiger partial charge on any atom is 0.123 e. The Morgan fingerprint density at radius 3 is 2.65 bits per heavy atom. The molecule has 0 fully saturated rings. The molecule has 1 atom stereocenters. The lowest BCUT2D eigenvalue weighted by Crippen LogP contribution is -2.17. The van der Waals surface area contributed by atoms with Crippen molar-refractivity contribution in [3.8, 4) is 0 Å². The molecular formula is C13H13BrFNS. The Balaban J connectivity index is 1.93. The first-order valence-electron chi connectivity index (χ1n) is 5.37. The zero-order chi connectivity index (χ0) is 12.3. The molecule has 0 saturated heterocycles. The predicted octanol–water partition coefficient (Wildman–Crippen LogP) is 4.50. The molecular weight excluding hydrogens is 301 g/mol. The molecule has 90 valence electrons. The van der Waals surface area contributed by atoms with Gasteiger partial charge in [-0.25, -0.2) is 4.39 Å². The molecule has 0 aliphatic carbocycles. The van der Waals surface area contributed by atoms with Crippen LogP contribution in [0.15, 0.2) is 39.5 Å². The molecule has 0 spiro atoms. The second-order valence-corrected chi connectivity index (χ2v) is 6.20. The van der Waals surface area contributed by atoms with Crippen LogP contribution in [-0.2, 0) is 6.54 Å². The summed E-state index contributed by atoms with van der Waals surface area (Å²) in [6.07, 6.45) is 0. The Labute approximate surface area is 113 Å². The lowest BCUT2D eigenvalue weighted by Gasteiger charge is -2.13. The summed E-state index contributed by atoms with van der Waals surface area (Å²) in [5, 5.41) is 5.53. The molecule has 0 aliphatic rings. The van der Waals surface area contributed by atoms with E-state index in [1.807, 2.05) is 12.1 Å². The van der Waals surface area contributed by atoms with Gasteiger partial charge < -0.3 is 5.32 Å². The zero-order valence-electron chi connectivity index (χ0n) is 9.41. The summed E-state index contributed by atoms with van der Waals surface area (Å²) in [6, 6.07) is 8.94. The second-order valence-electron chi connectivity index (χ2n) is 3.91. The van der Waals surface area contributed by atoms with E-state index in [1.54, 1.807) is 11.3 Å². The summed E-state index contributed by atoms with van der Waals surface area (Å²) in [5.74, 6) is -0.192. The van der Waals surface area contributed by atoms with E-state index < -0.39 is 0 Å². The third-order valence-electron chi connectivity index (χ3n) is 2.60. The quantitative estimate of drug-likeness (QED) is 0.876. The summed E-state index contributed by atoms with van der Waals surface area (Å²) >= 11 is 5.12. The molecule has 0 aliphatic heterocycles. The number of rotatable bonds is 4. The molecule has 0 amide bonds. The number of thiophene rings is 1. The molecule has 1 nitrogen and oxygen atoms in total. The van der Waals surface area contributed by atoms with Crippen LogP contribution in [-0.4, -0.2) is 0 Å². The zero-order valence-corrected chi connectivity index (χ0v) is 11.8. The molecule has 2 aromatic rings. The average molecular weight is 314 g/mol. The van der Waals surface area contributed by atoms with Gasteiger partial charge in [-0.15, -0.1) is 11.3 Å². The van der Waals surface area contributed by atoms with Crippen molar-refractivity contribution in [1.29, 1.82) is 0 Å². The lowest BCUT2D eigenvalue weighted by atomic mass is 10.1. The maximum absolute atomic E-state index is 12.8. The fourth-order valence-electron chi connectivity index (χ4n) is 1.58. The number of hydrogen-bond donors (Lipinski definition) is 1. The highest BCUT2D eigenvalue weighted by Gasteiger charge is 2.05. The van der Waals surface area contributed by atoms with Crippen molar-refractivity contribution in [2.24, 2.45) is 0 Å². The van der Waals surface area contributed by atoms with Gasteiger partial charge in [0, 0.05) is 12.6 Å². The minimum Gasteiger partial charge on any atom is -0.306 e. The van der Waals surface area contributed by atoms with Crippen LogP contribution in [0.5, 0.6) is 0 Å². The number of halogens is 2. The van der Waals surface area contributed by atoms with Crippen LogP contribution in [0, 0.1) is 5.82 Å². The van der Waals surface area contributed by atoms with Crippen molar-refractivity contribution >= 4 is 27.3 Å². The van der Waals surface area contributed by atoms with Gasteiger partial charge in [0.25, 0.3) is 0 Å². The van der Waals surface area contributed by atoms with Crippen LogP contribution in [0.2, 0.25) is 0 Å². The van der Waals surface area contributed by atoms with Crippen LogP contribution in [0.3, 0.4) is 0 Å². The minimum atomic E-state index is -0.192. The van der Waals surface area contributed by atoms with Crippen molar-refractivity contribution in [1.82, 2.24) is 5.32 Å². The van der Waals surface area contributed by atoms with Gasteiger partial charge in [0.15, 0.2) is 0 Å². The van der Waals surface area contributed by atoms with Gasteiger partial charge in [0.2, 0.25) is 0 Å². The van der Waals surface area contributed by atoms with Gasteiger partial charge in [-0.05, 0) is 57.6 Å². The molecule has 1 N–H and O–H groups in total. The van der Waals surface area contributed by atoms with Gasteiger partial charge in [0.05, 0.1) is 3.79 Å². The van der Waals surface area contributed by atoms with E-state index in [0.29, 0.717) is 0 Å². The van der Waals surface area contributed by atoms with Crippen LogP contribution >= 0.6 is 27.3 Å². The smallest absolute Gasteiger partial charge is 0.123 e. The number of hydrogen-bond acceptors (Lipinski definition) is 2. The summed E-state index contributed by atoms with van der Waals surface area (Å²) in [6.45, 7) is 2.90. The molecule has 2 rings (SSSR count). The highest BCUT2D eigenvalue weighted by atomic mass is 79.9. The summed E-state index contributed by atoms with van der Waals surface area (Å²) in [4.78, 5) is 0. The third-order valence-corrected chi connectivity index (χ3v) is 4.16. The SMILES string of the molecule is C[C@H](NCc1csc(Br)c1)c1ccc(F)cc1. The minimum absolute atomic E-state index is 0.192. The Bertz CT molecular complexity index is 480. The fourth-order valence-corrected chi connectivity index (χ4v) is 2.79. The van der Waals surface area contributed by atoms with Crippen molar-refractivity contribution in [3.05, 3.63) is 56.4 Å². The Kier molecular flexibility index (Phi) is 4.31. The van der Waals surface area contributed by atoms with Gasteiger partial charge >= 0.3 is 0 Å². The normalized spacial score (nSPS) is 12.6. The largest absolute Gasteiger partial charge is 0.306 e. The van der Waals surface area contributed by atoms with Gasteiger partial charge in [-0.3, -0.25) is 0 Å². The molecule has 0 radical (unpaired) electrons. The molecule has 0 unspecified atom stereocenters. The van der Waals surface area contributed by atoms with Crippen molar-refractivity contribution in [2.75, 3.05) is 0 Å². The van der Waals surface area contributed by atoms with Crippen LogP contribution in [0.4, 0.5) is 4.39 Å². The fraction of sp³-hybridized carbons (Fsp3) is 0.231. The first-order chi connectivity index (χ1) is 8.15. The van der Waals surface area contributed by atoms with Crippen LogP contribution in [0.25, 0.3) is 0 Å². The molecule has 17 heavy (non-hydrogen) atoms. The van der Waals surface area contributed by atoms with E-state index >= 15 is 0 Å². The van der Waals surface area contributed by atoms with Crippen molar-refractivity contribution in [2.45, 2.75) is 19.5 Å². The Hall–Kier alpha value is -0.710. The van der Waals surface area contributed by atoms with Crippen LogP contribution < -0.4 is 5.32 Å². The number of benzene rings is 1. The Morgan fingerprint density at radius 1 is 1.35 bits per heavy atom. The maximum atomic E-state index is 12.8. The van der Waals surface area contributed by atoms with E-state index in [9.17, 15) is 4.39 Å².